The summed E-state index contributed by atoms with van der Waals surface area (Å²) in [5, 5.41) is 0. The first-order valence-electron chi connectivity index (χ1n) is 11.6. The molecule has 0 aromatic rings. The number of rotatable bonds is 21. The van der Waals surface area contributed by atoms with Crippen LogP contribution < -0.4 is 0 Å². The summed E-state index contributed by atoms with van der Waals surface area (Å²) in [4.78, 5) is 23.1. The third kappa shape index (κ3) is 21.2. The van der Waals surface area contributed by atoms with E-state index in [1.807, 2.05) is 6.92 Å². The molecule has 0 saturated heterocycles. The number of ether oxygens (including phenoxy) is 3. The maximum absolute atomic E-state index is 11.7. The molecule has 5 nitrogen and oxygen atoms in total. The second-order valence-corrected chi connectivity index (χ2v) is 7.38. The molecular weight excluding hydrogens is 356 g/mol. The van der Waals surface area contributed by atoms with Gasteiger partial charge in [0.1, 0.15) is 6.61 Å². The fraction of sp³-hybridized carbons (Fsp3) is 0.913. The van der Waals surface area contributed by atoms with Crippen molar-refractivity contribution < 1.29 is 23.8 Å². The molecule has 0 heterocycles. The van der Waals surface area contributed by atoms with Gasteiger partial charge in [-0.3, -0.25) is 9.59 Å². The monoisotopic (exact) mass is 400 g/mol. The summed E-state index contributed by atoms with van der Waals surface area (Å²) in [7, 11) is 0. The van der Waals surface area contributed by atoms with E-state index >= 15 is 0 Å². The molecule has 166 valence electrons. The second kappa shape index (κ2) is 22.2. The van der Waals surface area contributed by atoms with E-state index in [4.69, 9.17) is 14.2 Å². The molecule has 0 aliphatic carbocycles. The van der Waals surface area contributed by atoms with Crippen molar-refractivity contribution in [3.05, 3.63) is 0 Å². The molecule has 0 N–H and O–H groups in total. The number of carbonyl (C=O) groups excluding carboxylic acids is 2. The summed E-state index contributed by atoms with van der Waals surface area (Å²) in [6, 6.07) is 0. The van der Waals surface area contributed by atoms with Crippen LogP contribution in [0.15, 0.2) is 0 Å². The van der Waals surface area contributed by atoms with Gasteiger partial charge < -0.3 is 14.2 Å². The lowest BCUT2D eigenvalue weighted by Crippen LogP contribution is -2.10. The predicted octanol–water partition coefficient (Wildman–Crippen LogP) is 5.98. The maximum atomic E-state index is 11.7. The number of unbranched alkanes of at least 4 members (excludes halogenated alkanes) is 11. The van der Waals surface area contributed by atoms with Gasteiger partial charge in [0.2, 0.25) is 0 Å². The van der Waals surface area contributed by atoms with Gasteiger partial charge in [-0.25, -0.2) is 0 Å². The molecule has 0 aromatic carbocycles. The van der Waals surface area contributed by atoms with Crippen molar-refractivity contribution >= 4 is 11.9 Å². The van der Waals surface area contributed by atoms with Crippen molar-refractivity contribution in [2.45, 2.75) is 110 Å². The third-order valence-electron chi connectivity index (χ3n) is 4.72. The standard InChI is InChI=1S/C23H44O5/c1-3-5-6-7-10-13-16-19-27-22(24)17-14-11-8-9-12-15-18-23(25)28-21-20-26-4-2/h3-21H2,1-2H3. The van der Waals surface area contributed by atoms with Gasteiger partial charge in [0.25, 0.3) is 0 Å². The Labute approximate surface area is 172 Å². The first kappa shape index (κ1) is 26.9. The van der Waals surface area contributed by atoms with Crippen molar-refractivity contribution in [2.75, 3.05) is 26.4 Å². The minimum Gasteiger partial charge on any atom is -0.466 e. The smallest absolute Gasteiger partial charge is 0.305 e. The number of hydrogen-bond donors (Lipinski definition) is 0. The lowest BCUT2D eigenvalue weighted by atomic mass is 10.1. The maximum Gasteiger partial charge on any atom is 0.305 e. The molecule has 5 heteroatoms. The molecule has 0 rings (SSSR count). The van der Waals surface area contributed by atoms with E-state index in [0.717, 1.165) is 51.4 Å². The summed E-state index contributed by atoms with van der Waals surface area (Å²) in [6.45, 7) is 6.19. The third-order valence-corrected chi connectivity index (χ3v) is 4.72. The van der Waals surface area contributed by atoms with E-state index in [1.54, 1.807) is 0 Å². The van der Waals surface area contributed by atoms with E-state index in [0.29, 0.717) is 39.3 Å². The van der Waals surface area contributed by atoms with E-state index in [2.05, 4.69) is 6.92 Å². The quantitative estimate of drug-likeness (QED) is 0.175. The molecule has 0 aliphatic rings. The van der Waals surface area contributed by atoms with E-state index in [-0.39, 0.29) is 11.9 Å². The molecule has 0 radical (unpaired) electrons. The zero-order chi connectivity index (χ0) is 20.7. The molecule has 28 heavy (non-hydrogen) atoms. The normalized spacial score (nSPS) is 10.8. The number of carbonyl (C=O) groups is 2. The number of esters is 2. The SMILES string of the molecule is CCCCCCCCCOC(=O)CCCCCCCCC(=O)OCCOCC. The van der Waals surface area contributed by atoms with Gasteiger partial charge in [0.15, 0.2) is 0 Å². The van der Waals surface area contributed by atoms with Gasteiger partial charge in [0, 0.05) is 19.4 Å². The Morgan fingerprint density at radius 3 is 1.54 bits per heavy atom. The lowest BCUT2D eigenvalue weighted by Gasteiger charge is -2.06. The molecule has 0 saturated carbocycles. The molecule has 0 atom stereocenters. The molecule has 0 fully saturated rings. The van der Waals surface area contributed by atoms with Crippen molar-refractivity contribution in [2.24, 2.45) is 0 Å². The highest BCUT2D eigenvalue weighted by Gasteiger charge is 2.04. The molecule has 0 aromatic heterocycles. The molecule has 0 amide bonds. The fourth-order valence-corrected chi connectivity index (χ4v) is 2.99. The minimum atomic E-state index is -0.136. The Kier molecular flexibility index (Phi) is 21.3. The number of hydrogen-bond acceptors (Lipinski definition) is 5. The topological polar surface area (TPSA) is 61.8 Å². The molecule has 0 spiro atoms. The molecule has 0 unspecified atom stereocenters. The highest BCUT2D eigenvalue weighted by molar-refractivity contribution is 5.69. The van der Waals surface area contributed by atoms with Crippen LogP contribution in [-0.2, 0) is 23.8 Å². The Morgan fingerprint density at radius 1 is 0.536 bits per heavy atom. The largest absolute Gasteiger partial charge is 0.466 e. The van der Waals surface area contributed by atoms with E-state index < -0.39 is 0 Å². The summed E-state index contributed by atoms with van der Waals surface area (Å²) >= 11 is 0. The summed E-state index contributed by atoms with van der Waals surface area (Å²) in [5.74, 6) is -0.191. The Morgan fingerprint density at radius 2 is 1.00 bits per heavy atom. The summed E-state index contributed by atoms with van der Waals surface area (Å²) in [5.41, 5.74) is 0. The predicted molar refractivity (Wildman–Crippen MR) is 113 cm³/mol. The highest BCUT2D eigenvalue weighted by atomic mass is 16.6. The molecular formula is C23H44O5. The summed E-state index contributed by atoms with van der Waals surface area (Å²) in [6.07, 6.45) is 15.7. The van der Waals surface area contributed by atoms with Gasteiger partial charge >= 0.3 is 11.9 Å². The summed E-state index contributed by atoms with van der Waals surface area (Å²) < 4.78 is 15.5. The second-order valence-electron chi connectivity index (χ2n) is 7.38. The average molecular weight is 401 g/mol. The van der Waals surface area contributed by atoms with Crippen molar-refractivity contribution in [3.8, 4) is 0 Å². The van der Waals surface area contributed by atoms with Crippen molar-refractivity contribution in [1.29, 1.82) is 0 Å². The van der Waals surface area contributed by atoms with Gasteiger partial charge in [-0.2, -0.15) is 0 Å². The van der Waals surface area contributed by atoms with Crippen LogP contribution in [0.4, 0.5) is 0 Å². The molecule has 0 aliphatic heterocycles. The van der Waals surface area contributed by atoms with E-state index in [9.17, 15) is 9.59 Å². The van der Waals surface area contributed by atoms with Crippen LogP contribution in [0.5, 0.6) is 0 Å². The van der Waals surface area contributed by atoms with Crippen LogP contribution in [0.3, 0.4) is 0 Å². The Balaban J connectivity index is 3.24. The molecule has 0 bridgehead atoms. The van der Waals surface area contributed by atoms with Gasteiger partial charge in [-0.1, -0.05) is 71.1 Å². The minimum absolute atomic E-state index is 0.0548. The van der Waals surface area contributed by atoms with Gasteiger partial charge in [-0.05, 0) is 26.2 Å². The van der Waals surface area contributed by atoms with Crippen LogP contribution in [0.2, 0.25) is 0 Å². The first-order valence-corrected chi connectivity index (χ1v) is 11.6. The highest BCUT2D eigenvalue weighted by Crippen LogP contribution is 2.10. The van der Waals surface area contributed by atoms with Crippen LogP contribution >= 0.6 is 0 Å². The van der Waals surface area contributed by atoms with Crippen molar-refractivity contribution in [3.63, 3.8) is 0 Å². The van der Waals surface area contributed by atoms with Gasteiger partial charge in [-0.15, -0.1) is 0 Å². The van der Waals surface area contributed by atoms with Crippen LogP contribution in [0.25, 0.3) is 0 Å². The Bertz CT molecular complexity index is 357. The zero-order valence-corrected chi connectivity index (χ0v) is 18.5. The Hall–Kier alpha value is -1.10. The zero-order valence-electron chi connectivity index (χ0n) is 18.5. The fourth-order valence-electron chi connectivity index (χ4n) is 2.99. The van der Waals surface area contributed by atoms with Crippen LogP contribution in [0.1, 0.15) is 110 Å². The van der Waals surface area contributed by atoms with Gasteiger partial charge in [0.05, 0.1) is 13.2 Å². The van der Waals surface area contributed by atoms with Crippen molar-refractivity contribution in [1.82, 2.24) is 0 Å². The lowest BCUT2D eigenvalue weighted by molar-refractivity contribution is -0.145. The average Bonchev–Trinajstić information content (AvgIpc) is 2.69. The van der Waals surface area contributed by atoms with Crippen LogP contribution in [0, 0.1) is 0 Å². The van der Waals surface area contributed by atoms with E-state index in [1.165, 1.54) is 32.1 Å². The van der Waals surface area contributed by atoms with Crippen LogP contribution in [-0.4, -0.2) is 38.4 Å². The first-order chi connectivity index (χ1) is 13.7.